The van der Waals surface area contributed by atoms with Crippen molar-refractivity contribution >= 4 is 32.4 Å². The molecule has 154 valence electrons. The van der Waals surface area contributed by atoms with Crippen molar-refractivity contribution in [1.29, 1.82) is 0 Å². The van der Waals surface area contributed by atoms with Gasteiger partial charge in [-0.05, 0) is 43.5 Å². The number of amides is 1. The summed E-state index contributed by atoms with van der Waals surface area (Å²) >= 11 is 1.25. The van der Waals surface area contributed by atoms with E-state index in [1.165, 1.54) is 23.5 Å². The number of aromatic nitrogens is 1. The van der Waals surface area contributed by atoms with Crippen LogP contribution in [-0.2, 0) is 14.8 Å². The number of hydrogen-bond acceptors (Lipinski definition) is 6. The fraction of sp³-hybridized carbons (Fsp3) is 0.300. The third kappa shape index (κ3) is 5.53. The van der Waals surface area contributed by atoms with Crippen LogP contribution >= 0.6 is 11.3 Å². The number of carbonyl (C=O) groups excluding carboxylic acids is 1. The maximum atomic E-state index is 12.8. The summed E-state index contributed by atoms with van der Waals surface area (Å²) in [6.07, 6.45) is 1.90. The van der Waals surface area contributed by atoms with Crippen LogP contribution in [-0.4, -0.2) is 25.4 Å². The SMILES string of the molecule is Cc1ccc(S(=O)(=O)NC(CC(C)C)C(=O)Nc2nc(-c3ccco3)cs2)cc1. The van der Waals surface area contributed by atoms with Crippen molar-refractivity contribution in [3.05, 3.63) is 53.6 Å². The maximum Gasteiger partial charge on any atom is 0.244 e. The Labute approximate surface area is 174 Å². The molecular formula is C20H23N3O4S2. The fourth-order valence-electron chi connectivity index (χ4n) is 2.71. The summed E-state index contributed by atoms with van der Waals surface area (Å²) < 4.78 is 33.3. The van der Waals surface area contributed by atoms with Gasteiger partial charge in [0.1, 0.15) is 11.7 Å². The topological polar surface area (TPSA) is 101 Å². The number of nitrogens with one attached hydrogen (secondary N) is 2. The number of hydrogen-bond donors (Lipinski definition) is 2. The van der Waals surface area contributed by atoms with E-state index in [2.05, 4.69) is 15.0 Å². The first-order valence-electron chi connectivity index (χ1n) is 9.14. The van der Waals surface area contributed by atoms with Gasteiger partial charge in [-0.15, -0.1) is 11.3 Å². The number of nitrogens with zero attached hydrogens (tertiary/aromatic N) is 1. The van der Waals surface area contributed by atoms with Crippen LogP contribution in [0.4, 0.5) is 5.13 Å². The van der Waals surface area contributed by atoms with E-state index < -0.39 is 22.0 Å². The van der Waals surface area contributed by atoms with Crippen LogP contribution in [0.1, 0.15) is 25.8 Å². The van der Waals surface area contributed by atoms with Crippen molar-refractivity contribution < 1.29 is 17.6 Å². The molecule has 0 aliphatic heterocycles. The predicted molar refractivity (Wildman–Crippen MR) is 113 cm³/mol. The molecule has 1 aromatic carbocycles. The van der Waals surface area contributed by atoms with Crippen molar-refractivity contribution in [2.75, 3.05) is 5.32 Å². The molecule has 2 aromatic heterocycles. The monoisotopic (exact) mass is 433 g/mol. The summed E-state index contributed by atoms with van der Waals surface area (Å²) in [6.45, 7) is 5.74. The highest BCUT2D eigenvalue weighted by Crippen LogP contribution is 2.25. The highest BCUT2D eigenvalue weighted by atomic mass is 32.2. The largest absolute Gasteiger partial charge is 0.463 e. The number of thiazole rings is 1. The van der Waals surface area contributed by atoms with Crippen LogP contribution in [0, 0.1) is 12.8 Å². The molecule has 2 N–H and O–H groups in total. The highest BCUT2D eigenvalue weighted by Gasteiger charge is 2.27. The van der Waals surface area contributed by atoms with Gasteiger partial charge in [0.05, 0.1) is 11.2 Å². The van der Waals surface area contributed by atoms with Crippen LogP contribution in [0.5, 0.6) is 0 Å². The van der Waals surface area contributed by atoms with Crippen molar-refractivity contribution in [1.82, 2.24) is 9.71 Å². The Kier molecular flexibility index (Phi) is 6.51. The lowest BCUT2D eigenvalue weighted by Gasteiger charge is -2.19. The molecule has 0 spiro atoms. The molecule has 3 aromatic rings. The number of sulfonamides is 1. The minimum Gasteiger partial charge on any atom is -0.463 e. The molecule has 0 saturated carbocycles. The summed E-state index contributed by atoms with van der Waals surface area (Å²) in [5.74, 6) is 0.261. The summed E-state index contributed by atoms with van der Waals surface area (Å²) in [4.78, 5) is 17.3. The number of aryl methyl sites for hydroxylation is 1. The van der Waals surface area contributed by atoms with Gasteiger partial charge in [-0.2, -0.15) is 4.72 Å². The molecule has 0 fully saturated rings. The third-order valence-corrected chi connectivity index (χ3v) is 6.41. The van der Waals surface area contributed by atoms with Gasteiger partial charge >= 0.3 is 0 Å². The molecular weight excluding hydrogens is 410 g/mol. The first kappa shape index (κ1) is 21.2. The van der Waals surface area contributed by atoms with Crippen LogP contribution in [0.3, 0.4) is 0 Å². The lowest BCUT2D eigenvalue weighted by atomic mass is 10.0. The van der Waals surface area contributed by atoms with Crippen LogP contribution in [0.25, 0.3) is 11.5 Å². The summed E-state index contributed by atoms with van der Waals surface area (Å²) in [5, 5.41) is 4.86. The van der Waals surface area contributed by atoms with Crippen molar-refractivity contribution in [2.45, 2.75) is 38.1 Å². The van der Waals surface area contributed by atoms with Crippen molar-refractivity contribution in [3.63, 3.8) is 0 Å². The standard InChI is InChI=1S/C20H23N3O4S2/c1-13(2)11-16(23-29(25,26)15-8-6-14(3)7-9-15)19(24)22-20-21-17(12-28-20)18-5-4-10-27-18/h4-10,12-13,16,23H,11H2,1-3H3,(H,21,22,24). The van der Waals surface area contributed by atoms with Gasteiger partial charge in [0, 0.05) is 5.38 Å². The predicted octanol–water partition coefficient (Wildman–Crippen LogP) is 4.04. The first-order chi connectivity index (χ1) is 13.7. The molecule has 1 amide bonds. The Morgan fingerprint density at radius 3 is 2.55 bits per heavy atom. The lowest BCUT2D eigenvalue weighted by Crippen LogP contribution is -2.44. The minimum atomic E-state index is -3.83. The van der Waals surface area contributed by atoms with Gasteiger partial charge in [-0.1, -0.05) is 31.5 Å². The van der Waals surface area contributed by atoms with Gasteiger partial charge in [0.2, 0.25) is 15.9 Å². The van der Waals surface area contributed by atoms with Crippen LogP contribution in [0.15, 0.2) is 57.4 Å². The zero-order valence-corrected chi connectivity index (χ0v) is 18.0. The highest BCUT2D eigenvalue weighted by molar-refractivity contribution is 7.89. The fourth-order valence-corrected chi connectivity index (χ4v) is 4.62. The van der Waals surface area contributed by atoms with E-state index in [1.807, 2.05) is 20.8 Å². The average Bonchev–Trinajstić information content (AvgIpc) is 3.32. The Bertz CT molecular complexity index is 1060. The van der Waals surface area contributed by atoms with Gasteiger partial charge in [-0.3, -0.25) is 4.79 Å². The molecule has 2 heterocycles. The van der Waals surface area contributed by atoms with Gasteiger partial charge in [0.15, 0.2) is 10.9 Å². The Morgan fingerprint density at radius 2 is 1.93 bits per heavy atom. The molecule has 1 atom stereocenters. The number of furan rings is 1. The molecule has 0 aliphatic rings. The second kappa shape index (κ2) is 8.89. The quantitative estimate of drug-likeness (QED) is 0.558. The number of carbonyl (C=O) groups is 1. The zero-order valence-electron chi connectivity index (χ0n) is 16.4. The van der Waals surface area contributed by atoms with Crippen molar-refractivity contribution in [3.8, 4) is 11.5 Å². The van der Waals surface area contributed by atoms with Crippen LogP contribution < -0.4 is 10.0 Å². The summed E-state index contributed by atoms with van der Waals surface area (Å²) in [5.41, 5.74) is 1.56. The number of rotatable bonds is 8. The van der Waals surface area contributed by atoms with Gasteiger partial charge in [-0.25, -0.2) is 13.4 Å². The van der Waals surface area contributed by atoms with Crippen LogP contribution in [0.2, 0.25) is 0 Å². The normalized spacial score (nSPS) is 12.8. The van der Waals surface area contributed by atoms with E-state index >= 15 is 0 Å². The molecule has 9 heteroatoms. The number of anilines is 1. The second-order valence-corrected chi connectivity index (χ2v) is 9.69. The summed E-state index contributed by atoms with van der Waals surface area (Å²) in [7, 11) is -3.83. The third-order valence-electron chi connectivity index (χ3n) is 4.16. The van der Waals surface area contributed by atoms with Crippen molar-refractivity contribution in [2.24, 2.45) is 5.92 Å². The minimum absolute atomic E-state index is 0.112. The maximum absolute atomic E-state index is 12.8. The average molecular weight is 434 g/mol. The molecule has 3 rings (SSSR count). The Hall–Kier alpha value is -2.49. The molecule has 0 saturated heterocycles. The molecule has 0 aliphatic carbocycles. The van der Waals surface area contributed by atoms with Gasteiger partial charge in [0.25, 0.3) is 0 Å². The Balaban J connectivity index is 1.75. The first-order valence-corrected chi connectivity index (χ1v) is 11.5. The van der Waals surface area contributed by atoms with E-state index in [-0.39, 0.29) is 10.8 Å². The smallest absolute Gasteiger partial charge is 0.244 e. The molecule has 1 unspecified atom stereocenters. The van der Waals surface area contributed by atoms with E-state index in [0.29, 0.717) is 23.0 Å². The molecule has 0 radical (unpaired) electrons. The van der Waals surface area contributed by atoms with Gasteiger partial charge < -0.3 is 9.73 Å². The molecule has 29 heavy (non-hydrogen) atoms. The zero-order chi connectivity index (χ0) is 21.0. The van der Waals surface area contributed by atoms with E-state index in [9.17, 15) is 13.2 Å². The van der Waals surface area contributed by atoms with E-state index in [1.54, 1.807) is 35.9 Å². The second-order valence-electron chi connectivity index (χ2n) is 7.12. The lowest BCUT2D eigenvalue weighted by molar-refractivity contribution is -0.118. The van der Waals surface area contributed by atoms with E-state index in [0.717, 1.165) is 5.56 Å². The molecule has 0 bridgehead atoms. The number of benzene rings is 1. The van der Waals surface area contributed by atoms with E-state index in [4.69, 9.17) is 4.42 Å². The Morgan fingerprint density at radius 1 is 1.21 bits per heavy atom. The summed E-state index contributed by atoms with van der Waals surface area (Å²) in [6, 6.07) is 9.10. The molecule has 7 nitrogen and oxygen atoms in total.